The molecule has 4 heteroatoms. The molecule has 4 nitrogen and oxygen atoms in total. The molecule has 1 aromatic heterocycles. The van der Waals surface area contributed by atoms with Gasteiger partial charge in [0.05, 0.1) is 6.10 Å². The minimum atomic E-state index is -0.262. The normalized spacial score (nSPS) is 31.7. The van der Waals surface area contributed by atoms with Gasteiger partial charge < -0.3 is 14.8 Å². The Labute approximate surface area is 125 Å². The summed E-state index contributed by atoms with van der Waals surface area (Å²) in [4.78, 5) is 11.8. The molecule has 0 spiro atoms. The van der Waals surface area contributed by atoms with E-state index in [0.29, 0.717) is 18.4 Å². The maximum atomic E-state index is 11.8. The Morgan fingerprint density at radius 2 is 2.29 bits per heavy atom. The van der Waals surface area contributed by atoms with E-state index in [1.54, 1.807) is 6.08 Å². The number of nitrogens with one attached hydrogen (secondary N) is 1. The molecule has 21 heavy (non-hydrogen) atoms. The molecule has 2 aliphatic rings. The highest BCUT2D eigenvalue weighted by Gasteiger charge is 2.36. The van der Waals surface area contributed by atoms with Crippen LogP contribution in [0.5, 0.6) is 0 Å². The second-order valence-corrected chi connectivity index (χ2v) is 6.40. The Kier molecular flexibility index (Phi) is 4.15. The smallest absolute Gasteiger partial charge is 0.244 e. The fourth-order valence-corrected chi connectivity index (χ4v) is 3.08. The van der Waals surface area contributed by atoms with E-state index >= 15 is 0 Å². The number of furan rings is 1. The zero-order chi connectivity index (χ0) is 14.8. The van der Waals surface area contributed by atoms with Crippen molar-refractivity contribution in [1.29, 1.82) is 0 Å². The van der Waals surface area contributed by atoms with Crippen LogP contribution in [0.15, 0.2) is 22.6 Å². The van der Waals surface area contributed by atoms with Gasteiger partial charge in [-0.15, -0.1) is 0 Å². The topological polar surface area (TPSA) is 62.5 Å². The molecule has 2 fully saturated rings. The van der Waals surface area contributed by atoms with Gasteiger partial charge in [-0.3, -0.25) is 4.79 Å². The highest BCUT2D eigenvalue weighted by molar-refractivity contribution is 5.91. The summed E-state index contributed by atoms with van der Waals surface area (Å²) in [7, 11) is 0. The van der Waals surface area contributed by atoms with Gasteiger partial charge in [0.1, 0.15) is 11.5 Å². The predicted octanol–water partition coefficient (Wildman–Crippen LogP) is 2.69. The first-order chi connectivity index (χ1) is 10.1. The Hall–Kier alpha value is -1.55. The van der Waals surface area contributed by atoms with Gasteiger partial charge >= 0.3 is 0 Å². The molecule has 4 atom stereocenters. The lowest BCUT2D eigenvalue weighted by Gasteiger charge is -2.13. The summed E-state index contributed by atoms with van der Waals surface area (Å²) < 4.78 is 5.72. The standard InChI is InChI=1S/C17H23NO3/c1-11-9-14(11)16-7-5-13(21-16)6-8-17(20)18-10-12-3-2-4-15(12)19/h5-8,11-12,14-15,19H,2-4,9-10H2,1H3,(H,18,20). The second kappa shape index (κ2) is 6.06. The number of hydrogen-bond acceptors (Lipinski definition) is 3. The van der Waals surface area contributed by atoms with Gasteiger partial charge in [0.2, 0.25) is 5.91 Å². The molecule has 4 unspecified atom stereocenters. The highest BCUT2D eigenvalue weighted by Crippen LogP contribution is 2.47. The maximum absolute atomic E-state index is 11.8. The van der Waals surface area contributed by atoms with E-state index in [1.807, 2.05) is 12.1 Å². The molecule has 2 N–H and O–H groups in total. The molecule has 1 amide bonds. The number of carbonyl (C=O) groups excluding carboxylic acids is 1. The van der Waals surface area contributed by atoms with E-state index in [9.17, 15) is 9.90 Å². The van der Waals surface area contributed by atoms with E-state index in [0.717, 1.165) is 30.8 Å². The molecule has 1 heterocycles. The molecule has 1 aromatic rings. The Bertz CT molecular complexity index is 534. The average molecular weight is 289 g/mol. The van der Waals surface area contributed by atoms with E-state index < -0.39 is 0 Å². The predicted molar refractivity (Wildman–Crippen MR) is 80.6 cm³/mol. The number of hydrogen-bond donors (Lipinski definition) is 2. The minimum Gasteiger partial charge on any atom is -0.461 e. The van der Waals surface area contributed by atoms with Crippen molar-refractivity contribution in [2.75, 3.05) is 6.54 Å². The van der Waals surface area contributed by atoms with Crippen molar-refractivity contribution in [1.82, 2.24) is 5.32 Å². The quantitative estimate of drug-likeness (QED) is 0.819. The van der Waals surface area contributed by atoms with Crippen LogP contribution in [-0.2, 0) is 4.79 Å². The molecule has 0 bridgehead atoms. The van der Waals surface area contributed by atoms with Crippen molar-refractivity contribution in [3.8, 4) is 0 Å². The van der Waals surface area contributed by atoms with Crippen LogP contribution in [0.4, 0.5) is 0 Å². The largest absolute Gasteiger partial charge is 0.461 e. The van der Waals surface area contributed by atoms with Gasteiger partial charge in [0.25, 0.3) is 0 Å². The van der Waals surface area contributed by atoms with Crippen molar-refractivity contribution < 1.29 is 14.3 Å². The lowest BCUT2D eigenvalue weighted by atomic mass is 10.1. The summed E-state index contributed by atoms with van der Waals surface area (Å²) in [6.45, 7) is 2.76. The molecule has 114 valence electrons. The average Bonchev–Trinajstić information content (AvgIpc) is 2.89. The first-order valence-electron chi connectivity index (χ1n) is 7.87. The minimum absolute atomic E-state index is 0.133. The molecular weight excluding hydrogens is 266 g/mol. The summed E-state index contributed by atoms with van der Waals surface area (Å²) in [6.07, 6.45) is 7.03. The summed E-state index contributed by atoms with van der Waals surface area (Å²) in [5.74, 6) is 3.09. The first-order valence-corrected chi connectivity index (χ1v) is 7.87. The fraction of sp³-hybridized carbons (Fsp3) is 0.588. The van der Waals surface area contributed by atoms with E-state index in [-0.39, 0.29) is 17.9 Å². The molecule has 3 rings (SSSR count). The third-order valence-corrected chi connectivity index (χ3v) is 4.68. The van der Waals surface area contributed by atoms with Crippen LogP contribution in [0.3, 0.4) is 0 Å². The van der Waals surface area contributed by atoms with Crippen molar-refractivity contribution in [2.24, 2.45) is 11.8 Å². The van der Waals surface area contributed by atoms with Gasteiger partial charge in [-0.05, 0) is 43.4 Å². The second-order valence-electron chi connectivity index (χ2n) is 6.40. The lowest BCUT2D eigenvalue weighted by Crippen LogP contribution is -2.31. The fourth-order valence-electron chi connectivity index (χ4n) is 3.08. The van der Waals surface area contributed by atoms with E-state index in [2.05, 4.69) is 12.2 Å². The number of aliphatic hydroxyl groups excluding tert-OH is 1. The van der Waals surface area contributed by atoms with Crippen LogP contribution in [0, 0.1) is 11.8 Å². The van der Waals surface area contributed by atoms with Crippen LogP contribution in [-0.4, -0.2) is 23.7 Å². The van der Waals surface area contributed by atoms with Crippen LogP contribution in [0.2, 0.25) is 0 Å². The molecule has 2 aliphatic carbocycles. The molecule has 0 radical (unpaired) electrons. The summed E-state index contributed by atoms with van der Waals surface area (Å²) in [5, 5.41) is 12.6. The Balaban J connectivity index is 1.46. The first kappa shape index (κ1) is 14.4. The van der Waals surface area contributed by atoms with Crippen molar-refractivity contribution in [2.45, 2.75) is 44.6 Å². The monoisotopic (exact) mass is 289 g/mol. The van der Waals surface area contributed by atoms with Crippen LogP contribution in [0.1, 0.15) is 50.0 Å². The van der Waals surface area contributed by atoms with Gasteiger partial charge in [-0.2, -0.15) is 0 Å². The van der Waals surface area contributed by atoms with Crippen LogP contribution >= 0.6 is 0 Å². The SMILES string of the molecule is CC1CC1c1ccc(C=CC(=O)NCC2CCCC2O)o1. The van der Waals surface area contributed by atoms with Crippen molar-refractivity contribution >= 4 is 12.0 Å². The Morgan fingerprint density at radius 1 is 1.48 bits per heavy atom. The van der Waals surface area contributed by atoms with Crippen LogP contribution < -0.4 is 5.32 Å². The number of amides is 1. The van der Waals surface area contributed by atoms with Gasteiger partial charge in [-0.25, -0.2) is 0 Å². The zero-order valence-corrected chi connectivity index (χ0v) is 12.4. The molecule has 0 saturated heterocycles. The Morgan fingerprint density at radius 3 is 2.95 bits per heavy atom. The van der Waals surface area contributed by atoms with Gasteiger partial charge in [-0.1, -0.05) is 13.3 Å². The molecular formula is C17H23NO3. The third kappa shape index (κ3) is 3.56. The summed E-state index contributed by atoms with van der Waals surface area (Å²) in [5.41, 5.74) is 0. The third-order valence-electron chi connectivity index (χ3n) is 4.68. The van der Waals surface area contributed by atoms with Crippen molar-refractivity contribution in [3.05, 3.63) is 29.7 Å². The number of rotatable bonds is 5. The lowest BCUT2D eigenvalue weighted by molar-refractivity contribution is -0.116. The van der Waals surface area contributed by atoms with Crippen LogP contribution in [0.25, 0.3) is 6.08 Å². The van der Waals surface area contributed by atoms with E-state index in [1.165, 1.54) is 12.5 Å². The van der Waals surface area contributed by atoms with Gasteiger partial charge in [0.15, 0.2) is 0 Å². The van der Waals surface area contributed by atoms with E-state index in [4.69, 9.17) is 4.42 Å². The van der Waals surface area contributed by atoms with Crippen molar-refractivity contribution in [3.63, 3.8) is 0 Å². The van der Waals surface area contributed by atoms with Gasteiger partial charge in [0, 0.05) is 24.5 Å². The highest BCUT2D eigenvalue weighted by atomic mass is 16.3. The summed E-state index contributed by atoms with van der Waals surface area (Å²) in [6, 6.07) is 3.91. The molecule has 0 aliphatic heterocycles. The number of carbonyl (C=O) groups is 1. The maximum Gasteiger partial charge on any atom is 0.244 e. The zero-order valence-electron chi connectivity index (χ0n) is 12.4. The molecule has 0 aromatic carbocycles. The summed E-state index contributed by atoms with van der Waals surface area (Å²) >= 11 is 0. The molecule has 2 saturated carbocycles. The number of aliphatic hydroxyl groups is 1.